The van der Waals surface area contributed by atoms with Crippen molar-refractivity contribution in [1.29, 1.82) is 0 Å². The van der Waals surface area contributed by atoms with Crippen LogP contribution < -0.4 is 10.6 Å². The number of aliphatic hydroxyl groups excluding tert-OH is 1. The van der Waals surface area contributed by atoms with Gasteiger partial charge in [0.05, 0.1) is 0 Å². The molecule has 82 valence electrons. The molecule has 4 nitrogen and oxygen atoms in total. The van der Waals surface area contributed by atoms with Gasteiger partial charge in [0.1, 0.15) is 0 Å². The predicted octanol–water partition coefficient (Wildman–Crippen LogP) is 1.58. The zero-order valence-electron chi connectivity index (χ0n) is 8.57. The number of aliphatic hydroxyl groups is 1. The lowest BCUT2D eigenvalue weighted by Crippen LogP contribution is -2.29. The molecule has 1 aromatic carbocycles. The number of hydrogen-bond acceptors (Lipinski definition) is 2. The van der Waals surface area contributed by atoms with E-state index >= 15 is 0 Å². The van der Waals surface area contributed by atoms with Crippen LogP contribution in [0.25, 0.3) is 0 Å². The summed E-state index contributed by atoms with van der Waals surface area (Å²) in [5, 5.41) is 13.9. The highest BCUT2D eigenvalue weighted by Gasteiger charge is 1.98. The summed E-state index contributed by atoms with van der Waals surface area (Å²) in [7, 11) is 0. The van der Waals surface area contributed by atoms with Crippen LogP contribution in [0.3, 0.4) is 0 Å². The highest BCUT2D eigenvalue weighted by molar-refractivity contribution is 5.89. The lowest BCUT2D eigenvalue weighted by atomic mass is 10.3. The molecular weight excluding hydrogens is 192 g/mol. The largest absolute Gasteiger partial charge is 0.396 e. The maximum Gasteiger partial charge on any atom is 0.319 e. The van der Waals surface area contributed by atoms with E-state index in [0.717, 1.165) is 12.1 Å². The molecule has 0 aliphatic heterocycles. The number of hydrogen-bond donors (Lipinski definition) is 3. The number of carbonyl (C=O) groups excluding carboxylic acids is 1. The maximum atomic E-state index is 11.3. The van der Waals surface area contributed by atoms with Crippen LogP contribution in [0.4, 0.5) is 10.5 Å². The summed E-state index contributed by atoms with van der Waals surface area (Å²) in [4.78, 5) is 11.3. The van der Waals surface area contributed by atoms with E-state index in [1.54, 1.807) is 0 Å². The second-order valence-corrected chi connectivity index (χ2v) is 3.18. The monoisotopic (exact) mass is 208 g/mol. The molecule has 0 spiro atoms. The molecule has 1 aromatic rings. The smallest absolute Gasteiger partial charge is 0.319 e. The normalized spacial score (nSPS) is 9.67. The van der Waals surface area contributed by atoms with Gasteiger partial charge in [-0.15, -0.1) is 0 Å². The van der Waals surface area contributed by atoms with E-state index < -0.39 is 0 Å². The molecule has 0 atom stereocenters. The van der Waals surface area contributed by atoms with Crippen molar-refractivity contribution < 1.29 is 9.90 Å². The third-order valence-corrected chi connectivity index (χ3v) is 1.90. The van der Waals surface area contributed by atoms with Crippen LogP contribution in [0.15, 0.2) is 30.3 Å². The van der Waals surface area contributed by atoms with E-state index in [0.29, 0.717) is 13.0 Å². The Bertz CT molecular complexity index is 288. The van der Waals surface area contributed by atoms with Gasteiger partial charge in [-0.3, -0.25) is 0 Å². The quantitative estimate of drug-likeness (QED) is 0.643. The number of urea groups is 1. The zero-order chi connectivity index (χ0) is 10.9. The van der Waals surface area contributed by atoms with Crippen LogP contribution in [0, 0.1) is 0 Å². The number of anilines is 1. The van der Waals surface area contributed by atoms with Gasteiger partial charge < -0.3 is 15.7 Å². The Morgan fingerprint density at radius 3 is 2.60 bits per heavy atom. The minimum absolute atomic E-state index is 0.169. The van der Waals surface area contributed by atoms with Crippen molar-refractivity contribution in [1.82, 2.24) is 5.32 Å². The standard InChI is InChI=1S/C11H16N2O2/c14-9-5-4-8-12-11(15)13-10-6-2-1-3-7-10/h1-3,6-7,14H,4-5,8-9H2,(H2,12,13,15). The molecule has 0 radical (unpaired) electrons. The Balaban J connectivity index is 2.19. The Morgan fingerprint density at radius 1 is 1.20 bits per heavy atom. The molecule has 1 rings (SSSR count). The topological polar surface area (TPSA) is 61.4 Å². The Hall–Kier alpha value is -1.55. The summed E-state index contributed by atoms with van der Waals surface area (Å²) in [5.41, 5.74) is 0.775. The van der Waals surface area contributed by atoms with Crippen LogP contribution in [0.2, 0.25) is 0 Å². The van der Waals surface area contributed by atoms with Gasteiger partial charge in [0.2, 0.25) is 0 Å². The molecule has 0 saturated heterocycles. The van der Waals surface area contributed by atoms with Gasteiger partial charge in [0, 0.05) is 18.8 Å². The van der Waals surface area contributed by atoms with Crippen molar-refractivity contribution in [3.63, 3.8) is 0 Å². The average molecular weight is 208 g/mol. The van der Waals surface area contributed by atoms with Crippen LogP contribution in [0.1, 0.15) is 12.8 Å². The fraction of sp³-hybridized carbons (Fsp3) is 0.364. The first-order valence-electron chi connectivity index (χ1n) is 5.03. The fourth-order valence-corrected chi connectivity index (χ4v) is 1.14. The summed E-state index contributed by atoms with van der Waals surface area (Å²) < 4.78 is 0. The van der Waals surface area contributed by atoms with Gasteiger partial charge in [-0.1, -0.05) is 18.2 Å². The van der Waals surface area contributed by atoms with Crippen molar-refractivity contribution in [2.75, 3.05) is 18.5 Å². The number of amides is 2. The molecule has 0 unspecified atom stereocenters. The number of benzene rings is 1. The van der Waals surface area contributed by atoms with Crippen molar-refractivity contribution in [3.05, 3.63) is 30.3 Å². The van der Waals surface area contributed by atoms with Gasteiger partial charge in [0.25, 0.3) is 0 Å². The van der Waals surface area contributed by atoms with E-state index in [2.05, 4.69) is 10.6 Å². The van der Waals surface area contributed by atoms with E-state index in [1.165, 1.54) is 0 Å². The molecule has 0 fully saturated rings. The molecule has 0 aliphatic carbocycles. The molecule has 15 heavy (non-hydrogen) atoms. The molecule has 0 heterocycles. The summed E-state index contributed by atoms with van der Waals surface area (Å²) in [5.74, 6) is 0. The van der Waals surface area contributed by atoms with Crippen LogP contribution in [0.5, 0.6) is 0 Å². The van der Waals surface area contributed by atoms with E-state index in [1.807, 2.05) is 30.3 Å². The molecule has 3 N–H and O–H groups in total. The molecule has 2 amide bonds. The lowest BCUT2D eigenvalue weighted by Gasteiger charge is -2.06. The Kier molecular flexibility index (Phi) is 5.25. The van der Waals surface area contributed by atoms with Crippen LogP contribution in [-0.2, 0) is 0 Å². The third-order valence-electron chi connectivity index (χ3n) is 1.90. The van der Waals surface area contributed by atoms with Crippen molar-refractivity contribution >= 4 is 11.7 Å². The number of rotatable bonds is 5. The maximum absolute atomic E-state index is 11.3. The van der Waals surface area contributed by atoms with Gasteiger partial charge in [-0.2, -0.15) is 0 Å². The summed E-state index contributed by atoms with van der Waals surface area (Å²) in [6.07, 6.45) is 1.50. The predicted molar refractivity (Wildman–Crippen MR) is 59.8 cm³/mol. The van der Waals surface area contributed by atoms with Gasteiger partial charge in [0.15, 0.2) is 0 Å². The van der Waals surface area contributed by atoms with Gasteiger partial charge in [-0.25, -0.2) is 4.79 Å². The lowest BCUT2D eigenvalue weighted by molar-refractivity contribution is 0.250. The summed E-state index contributed by atoms with van der Waals surface area (Å²) >= 11 is 0. The van der Waals surface area contributed by atoms with Crippen LogP contribution >= 0.6 is 0 Å². The van der Waals surface area contributed by atoms with Crippen LogP contribution in [-0.4, -0.2) is 24.3 Å². The summed E-state index contributed by atoms with van der Waals surface area (Å²) in [6, 6.07) is 9.06. The number of unbranched alkanes of at least 4 members (excludes halogenated alkanes) is 1. The third kappa shape index (κ3) is 5.02. The first kappa shape index (κ1) is 11.5. The average Bonchev–Trinajstić information content (AvgIpc) is 2.26. The fourth-order valence-electron chi connectivity index (χ4n) is 1.14. The minimum Gasteiger partial charge on any atom is -0.396 e. The number of para-hydroxylation sites is 1. The minimum atomic E-state index is -0.209. The summed E-state index contributed by atoms with van der Waals surface area (Å²) in [6.45, 7) is 0.751. The van der Waals surface area contributed by atoms with E-state index in [-0.39, 0.29) is 12.6 Å². The Labute approximate surface area is 89.3 Å². The SMILES string of the molecule is O=C(NCCCCO)Nc1ccccc1. The van der Waals surface area contributed by atoms with Crippen molar-refractivity contribution in [2.24, 2.45) is 0 Å². The van der Waals surface area contributed by atoms with E-state index in [9.17, 15) is 4.79 Å². The Morgan fingerprint density at radius 2 is 1.93 bits per heavy atom. The molecule has 0 aliphatic rings. The molecule has 0 bridgehead atoms. The van der Waals surface area contributed by atoms with E-state index in [4.69, 9.17) is 5.11 Å². The van der Waals surface area contributed by atoms with Crippen molar-refractivity contribution in [2.45, 2.75) is 12.8 Å². The second kappa shape index (κ2) is 6.84. The molecule has 0 saturated carbocycles. The number of carbonyl (C=O) groups is 1. The number of nitrogens with one attached hydrogen (secondary N) is 2. The van der Waals surface area contributed by atoms with Crippen molar-refractivity contribution in [3.8, 4) is 0 Å². The first-order chi connectivity index (χ1) is 7.33. The second-order valence-electron chi connectivity index (χ2n) is 3.18. The molecular formula is C11H16N2O2. The molecule has 4 heteroatoms. The highest BCUT2D eigenvalue weighted by atomic mass is 16.2. The highest BCUT2D eigenvalue weighted by Crippen LogP contribution is 2.03. The first-order valence-corrected chi connectivity index (χ1v) is 5.03. The van der Waals surface area contributed by atoms with Gasteiger partial charge >= 0.3 is 6.03 Å². The van der Waals surface area contributed by atoms with Gasteiger partial charge in [-0.05, 0) is 25.0 Å². The molecule has 0 aromatic heterocycles. The zero-order valence-corrected chi connectivity index (χ0v) is 8.57.